The number of amides is 2. The highest BCUT2D eigenvalue weighted by atomic mass is 19.4. The molecule has 1 aliphatic carbocycles. The Labute approximate surface area is 245 Å². The van der Waals surface area contributed by atoms with Crippen LogP contribution in [-0.4, -0.2) is 34.9 Å². The molecule has 0 aliphatic heterocycles. The molecule has 1 aromatic heterocycles. The Morgan fingerprint density at radius 3 is 2.35 bits per heavy atom. The number of nitrogens with zero attached hydrogens (tertiary/aromatic N) is 2. The second kappa shape index (κ2) is 14.5. The van der Waals surface area contributed by atoms with Crippen molar-refractivity contribution in [3.63, 3.8) is 0 Å². The smallest absolute Gasteiger partial charge is 0.411 e. The van der Waals surface area contributed by atoms with Gasteiger partial charge >= 0.3 is 6.18 Å². The number of carbonyl (C=O) groups excluding carboxylic acids is 2. The predicted molar refractivity (Wildman–Crippen MR) is 152 cm³/mol. The number of methoxy groups -OCH3 is 1. The number of carbonyl (C=O) groups is 2. The topological polar surface area (TPSA) is 125 Å². The Kier molecular flexibility index (Phi) is 11.1. The number of alkyl halides is 3. The molecule has 5 N–H and O–H groups in total. The van der Waals surface area contributed by atoms with Crippen LogP contribution >= 0.6 is 0 Å². The molecule has 0 saturated heterocycles. The Bertz CT molecular complexity index is 1460. The number of nitrogens with two attached hydrogens (primary N) is 2. The fraction of sp³-hybridized carbons (Fsp3) is 0.300. The van der Waals surface area contributed by atoms with Gasteiger partial charge in [-0.3, -0.25) is 9.59 Å². The van der Waals surface area contributed by atoms with E-state index in [-0.39, 0.29) is 29.1 Å². The minimum absolute atomic E-state index is 0.0257. The number of ether oxygens (including phenoxy) is 1. The van der Waals surface area contributed by atoms with Crippen LogP contribution in [0.15, 0.2) is 67.5 Å². The lowest BCUT2D eigenvalue weighted by Gasteiger charge is -2.27. The van der Waals surface area contributed by atoms with Crippen LogP contribution in [-0.2, 0) is 6.54 Å². The Balaban J connectivity index is 0.000000934. The molecular formula is C30H32F5N5O3. The highest BCUT2D eigenvalue weighted by molar-refractivity contribution is 6.03. The standard InChI is InChI=1S/C26H27F4N5O3.C4H5F/c1-38-19-11-10-17(27)12-18(19)25(37)33-13-14-6-8-15(9-7-14)21-20(24(32)36)23(31)35(34-21)22(26(28,29)30)16-4-2-3-5-16;1-2-3-4-5/h6-12,16,22H,2-5,13,31H2,1H3,(H2,32,36)(H,33,37);2-4H,1H2/b;4-3+. The van der Waals surface area contributed by atoms with Crippen molar-refractivity contribution in [3.8, 4) is 17.0 Å². The summed E-state index contributed by atoms with van der Waals surface area (Å²) in [5.74, 6) is -3.06. The van der Waals surface area contributed by atoms with Crippen molar-refractivity contribution in [3.05, 3.63) is 90.0 Å². The van der Waals surface area contributed by atoms with Gasteiger partial charge in [0, 0.05) is 12.1 Å². The van der Waals surface area contributed by atoms with E-state index in [0.717, 1.165) is 6.07 Å². The van der Waals surface area contributed by atoms with Crippen molar-refractivity contribution in [1.29, 1.82) is 0 Å². The van der Waals surface area contributed by atoms with Crippen molar-refractivity contribution in [2.75, 3.05) is 12.8 Å². The van der Waals surface area contributed by atoms with Gasteiger partial charge in [-0.2, -0.15) is 18.3 Å². The van der Waals surface area contributed by atoms with Crippen molar-refractivity contribution in [2.45, 2.75) is 44.4 Å². The fourth-order valence-corrected chi connectivity index (χ4v) is 4.95. The van der Waals surface area contributed by atoms with Crippen molar-refractivity contribution in [2.24, 2.45) is 11.7 Å². The molecule has 1 heterocycles. The number of primary amides is 1. The molecular weight excluding hydrogens is 573 g/mol. The van der Waals surface area contributed by atoms with E-state index in [1.54, 1.807) is 24.3 Å². The summed E-state index contributed by atoms with van der Waals surface area (Å²) >= 11 is 0. The first-order valence-electron chi connectivity index (χ1n) is 13.3. The zero-order valence-electron chi connectivity index (χ0n) is 23.3. The third kappa shape index (κ3) is 7.99. The molecule has 0 bridgehead atoms. The van der Waals surface area contributed by atoms with E-state index in [2.05, 4.69) is 17.0 Å². The van der Waals surface area contributed by atoms with E-state index in [1.165, 1.54) is 31.4 Å². The van der Waals surface area contributed by atoms with E-state index in [4.69, 9.17) is 16.2 Å². The molecule has 1 unspecified atom stereocenters. The van der Waals surface area contributed by atoms with E-state index >= 15 is 0 Å². The summed E-state index contributed by atoms with van der Waals surface area (Å²) in [5.41, 5.74) is 12.2. The van der Waals surface area contributed by atoms with Gasteiger partial charge in [0.2, 0.25) is 0 Å². The van der Waals surface area contributed by atoms with Crippen LogP contribution in [0.1, 0.15) is 58.0 Å². The zero-order chi connectivity index (χ0) is 31.7. The summed E-state index contributed by atoms with van der Waals surface area (Å²) < 4.78 is 72.4. The number of halogens is 5. The number of hydrogen-bond acceptors (Lipinski definition) is 5. The van der Waals surface area contributed by atoms with Crippen LogP contribution in [0.4, 0.5) is 27.8 Å². The molecule has 8 nitrogen and oxygen atoms in total. The number of allylic oxidation sites excluding steroid dienone is 2. The summed E-state index contributed by atoms with van der Waals surface area (Å²) in [6, 6.07) is 7.91. The van der Waals surface area contributed by atoms with Gasteiger partial charge in [-0.05, 0) is 48.6 Å². The van der Waals surface area contributed by atoms with E-state index < -0.39 is 41.6 Å². The predicted octanol–water partition coefficient (Wildman–Crippen LogP) is 6.26. The maximum absolute atomic E-state index is 14.1. The molecule has 0 radical (unpaired) electrons. The number of nitrogens with one attached hydrogen (secondary N) is 1. The van der Waals surface area contributed by atoms with Crippen LogP contribution in [0.3, 0.4) is 0 Å². The Morgan fingerprint density at radius 1 is 1.19 bits per heavy atom. The van der Waals surface area contributed by atoms with Crippen LogP contribution in [0.5, 0.6) is 5.75 Å². The summed E-state index contributed by atoms with van der Waals surface area (Å²) in [7, 11) is 1.36. The summed E-state index contributed by atoms with van der Waals surface area (Å²) in [5, 5.41) is 6.79. The number of rotatable bonds is 9. The number of aromatic nitrogens is 2. The highest BCUT2D eigenvalue weighted by Gasteiger charge is 2.48. The Morgan fingerprint density at radius 2 is 1.84 bits per heavy atom. The van der Waals surface area contributed by atoms with Gasteiger partial charge in [0.15, 0.2) is 6.04 Å². The first kappa shape index (κ1) is 32.8. The normalized spacial score (nSPS) is 14.2. The lowest BCUT2D eigenvalue weighted by molar-refractivity contribution is -0.183. The molecule has 3 aromatic rings. The third-order valence-electron chi connectivity index (χ3n) is 6.93. The van der Waals surface area contributed by atoms with Gasteiger partial charge in [0.05, 0.1) is 19.0 Å². The van der Waals surface area contributed by atoms with Crippen molar-refractivity contribution < 1.29 is 36.3 Å². The molecule has 13 heteroatoms. The number of benzene rings is 2. The van der Waals surface area contributed by atoms with E-state index in [1.807, 2.05) is 0 Å². The molecule has 1 fully saturated rings. The molecule has 2 aromatic carbocycles. The largest absolute Gasteiger partial charge is 0.496 e. The zero-order valence-corrected chi connectivity index (χ0v) is 23.3. The lowest BCUT2D eigenvalue weighted by Crippen LogP contribution is -2.34. The van der Waals surface area contributed by atoms with Gasteiger partial charge in [-0.25, -0.2) is 13.5 Å². The first-order valence-corrected chi connectivity index (χ1v) is 13.3. The SMILES string of the molecule is C=C/C=C/F.COc1ccc(F)cc1C(=O)NCc1ccc(-c2nn(C(C3CCCC3)C(F)(F)F)c(N)c2C(N)=O)cc1. The van der Waals surface area contributed by atoms with E-state index in [9.17, 15) is 31.5 Å². The minimum atomic E-state index is -4.62. The molecule has 43 heavy (non-hydrogen) atoms. The number of hydrogen-bond donors (Lipinski definition) is 3. The van der Waals surface area contributed by atoms with Crippen molar-refractivity contribution in [1.82, 2.24) is 15.1 Å². The van der Waals surface area contributed by atoms with Gasteiger partial charge in [-0.1, -0.05) is 49.8 Å². The number of anilines is 1. The summed E-state index contributed by atoms with van der Waals surface area (Å²) in [4.78, 5) is 24.7. The van der Waals surface area contributed by atoms with Crippen LogP contribution in [0.2, 0.25) is 0 Å². The number of nitrogen functional groups attached to an aromatic ring is 1. The summed E-state index contributed by atoms with van der Waals surface area (Å²) in [6.07, 6.45) is 0.538. The average molecular weight is 606 g/mol. The second-order valence-corrected chi connectivity index (χ2v) is 9.73. The molecule has 1 aliphatic rings. The lowest BCUT2D eigenvalue weighted by atomic mass is 9.97. The van der Waals surface area contributed by atoms with Gasteiger partial charge in [-0.15, -0.1) is 0 Å². The molecule has 2 amide bonds. The van der Waals surface area contributed by atoms with E-state index in [0.29, 0.717) is 47.8 Å². The molecule has 0 spiro atoms. The van der Waals surface area contributed by atoms with Gasteiger partial charge in [0.1, 0.15) is 28.6 Å². The quantitative estimate of drug-likeness (QED) is 0.196. The monoisotopic (exact) mass is 605 g/mol. The maximum Gasteiger partial charge on any atom is 0.411 e. The van der Waals surface area contributed by atoms with Crippen LogP contribution in [0.25, 0.3) is 11.3 Å². The Hall–Kier alpha value is -4.68. The van der Waals surface area contributed by atoms with Crippen LogP contribution < -0.4 is 21.5 Å². The minimum Gasteiger partial charge on any atom is -0.496 e. The van der Waals surface area contributed by atoms with Gasteiger partial charge < -0.3 is 21.5 Å². The molecule has 4 rings (SSSR count). The highest BCUT2D eigenvalue weighted by Crippen LogP contribution is 2.45. The summed E-state index contributed by atoms with van der Waals surface area (Å²) in [6.45, 7) is 3.29. The molecule has 1 atom stereocenters. The first-order chi connectivity index (χ1) is 20.4. The van der Waals surface area contributed by atoms with Crippen molar-refractivity contribution >= 4 is 17.6 Å². The molecule has 230 valence electrons. The maximum atomic E-state index is 14.1. The van der Waals surface area contributed by atoms with Gasteiger partial charge in [0.25, 0.3) is 11.8 Å². The second-order valence-electron chi connectivity index (χ2n) is 9.73. The third-order valence-corrected chi connectivity index (χ3v) is 6.93. The van der Waals surface area contributed by atoms with Crippen LogP contribution in [0, 0.1) is 11.7 Å². The average Bonchev–Trinajstić information content (AvgIpc) is 3.60. The fourth-order valence-electron chi connectivity index (χ4n) is 4.95. The molecule has 1 saturated carbocycles.